The summed E-state index contributed by atoms with van der Waals surface area (Å²) in [4.78, 5) is 26.6. The highest BCUT2D eigenvalue weighted by Gasteiger charge is 2.64. The monoisotopic (exact) mass is 537 g/mol. The van der Waals surface area contributed by atoms with Gasteiger partial charge in [0.1, 0.15) is 5.75 Å². The normalized spacial score (nSPS) is 28.7. The topological polar surface area (TPSA) is 109 Å². The van der Waals surface area contributed by atoms with Gasteiger partial charge in [-0.3, -0.25) is 9.59 Å². The molecule has 3 heterocycles. The fraction of sp³-hybridized carbons (Fsp3) is 0.517. The second-order valence-corrected chi connectivity index (χ2v) is 16.1. The van der Waals surface area contributed by atoms with E-state index in [1.54, 1.807) is 7.11 Å². The number of nitrogens with one attached hydrogen (secondary N) is 3. The summed E-state index contributed by atoms with van der Waals surface area (Å²) in [6.45, 7) is 8.33. The molecular weight excluding hydrogens is 498 g/mol. The summed E-state index contributed by atoms with van der Waals surface area (Å²) in [6, 6.07) is 13.8. The van der Waals surface area contributed by atoms with Crippen molar-refractivity contribution < 1.29 is 24.2 Å². The van der Waals surface area contributed by atoms with E-state index >= 15 is 0 Å². The van der Waals surface area contributed by atoms with Crippen LogP contribution in [0.2, 0.25) is 18.6 Å². The summed E-state index contributed by atoms with van der Waals surface area (Å²) < 4.78 is 12.1. The number of amides is 2. The van der Waals surface area contributed by atoms with Crippen LogP contribution in [0.25, 0.3) is 0 Å². The van der Waals surface area contributed by atoms with Crippen LogP contribution in [0.4, 0.5) is 11.4 Å². The van der Waals surface area contributed by atoms with Crippen molar-refractivity contribution in [2.24, 2.45) is 11.8 Å². The number of hydrogen-bond acceptors (Lipinski definition) is 6. The fourth-order valence-electron chi connectivity index (χ4n) is 6.93. The van der Waals surface area contributed by atoms with Gasteiger partial charge in [-0.25, -0.2) is 0 Å². The van der Waals surface area contributed by atoms with Gasteiger partial charge in [0.2, 0.25) is 5.91 Å². The van der Waals surface area contributed by atoms with Gasteiger partial charge in [-0.15, -0.1) is 0 Å². The Labute approximate surface area is 225 Å². The van der Waals surface area contributed by atoms with Crippen molar-refractivity contribution in [1.29, 1.82) is 0 Å². The summed E-state index contributed by atoms with van der Waals surface area (Å²) in [6.07, 6.45) is 2.03. The third kappa shape index (κ3) is 4.45. The number of piperidine rings is 1. The van der Waals surface area contributed by atoms with Gasteiger partial charge in [0.25, 0.3) is 5.91 Å². The van der Waals surface area contributed by atoms with Gasteiger partial charge in [0.15, 0.2) is 5.60 Å². The number of ether oxygens (including phenoxy) is 2. The van der Waals surface area contributed by atoms with Crippen LogP contribution in [0.3, 0.4) is 0 Å². The van der Waals surface area contributed by atoms with Crippen molar-refractivity contribution in [3.8, 4) is 5.75 Å². The molecule has 3 aliphatic rings. The van der Waals surface area contributed by atoms with Crippen molar-refractivity contribution in [2.75, 3.05) is 37.4 Å². The van der Waals surface area contributed by atoms with Gasteiger partial charge in [-0.05, 0) is 61.7 Å². The van der Waals surface area contributed by atoms with Crippen molar-refractivity contribution >= 4 is 36.4 Å². The summed E-state index contributed by atoms with van der Waals surface area (Å²) in [7, 11) is -0.543. The Bertz CT molecular complexity index is 1200. The molecule has 204 valence electrons. The lowest BCUT2D eigenvalue weighted by atomic mass is 9.82. The zero-order valence-electron chi connectivity index (χ0n) is 22.7. The van der Waals surface area contributed by atoms with Gasteiger partial charge in [-0.2, -0.15) is 0 Å². The number of carbonyl (C=O) groups is 2. The third-order valence-corrected chi connectivity index (χ3v) is 13.3. The van der Waals surface area contributed by atoms with Crippen molar-refractivity contribution in [1.82, 2.24) is 5.32 Å². The molecule has 38 heavy (non-hydrogen) atoms. The molecule has 2 saturated heterocycles. The van der Waals surface area contributed by atoms with E-state index in [1.165, 1.54) is 5.19 Å². The molecule has 1 unspecified atom stereocenters. The standard InChI is InChI=1S/C29H39N3O5Si/c1-18-26(38(3,4)22-10-8-21(36-2)9-11-22)25(13-15-33)37-29(18)23-16-20(7-12-24(23)32-28(29)35)31-27(34)19-6-5-14-30-17-19/h7-12,16,18-19,25-26,30,33H,5-6,13-15,17H2,1-4H3,(H,31,34)(H,32,35)/t18-,19?,25+,26-,29+/m1/s1. The average Bonchev–Trinajstić information content (AvgIpc) is 3.38. The van der Waals surface area contributed by atoms with Crippen LogP contribution in [0.5, 0.6) is 5.75 Å². The first-order valence-electron chi connectivity index (χ1n) is 13.6. The lowest BCUT2D eigenvalue weighted by Gasteiger charge is -2.37. The largest absolute Gasteiger partial charge is 0.497 e. The number of aliphatic hydroxyl groups is 1. The van der Waals surface area contributed by atoms with E-state index < -0.39 is 13.7 Å². The van der Waals surface area contributed by atoms with Crippen LogP contribution in [-0.4, -0.2) is 57.9 Å². The Morgan fingerprint density at radius 3 is 2.66 bits per heavy atom. The molecule has 8 nitrogen and oxygen atoms in total. The van der Waals surface area contributed by atoms with E-state index in [0.717, 1.165) is 30.7 Å². The number of anilines is 2. The van der Waals surface area contributed by atoms with Gasteiger partial charge in [-0.1, -0.05) is 37.3 Å². The van der Waals surface area contributed by atoms with Crippen LogP contribution >= 0.6 is 0 Å². The lowest BCUT2D eigenvalue weighted by Crippen LogP contribution is -2.51. The summed E-state index contributed by atoms with van der Waals surface area (Å²) in [5, 5.41) is 20.6. The molecule has 0 aliphatic carbocycles. The Morgan fingerprint density at radius 1 is 1.24 bits per heavy atom. The Morgan fingerprint density at radius 2 is 2.00 bits per heavy atom. The molecule has 5 atom stereocenters. The number of hydrogen-bond donors (Lipinski definition) is 4. The molecule has 0 bridgehead atoms. The number of carbonyl (C=O) groups excluding carboxylic acids is 2. The van der Waals surface area contributed by atoms with E-state index in [1.807, 2.05) is 30.3 Å². The first-order valence-corrected chi connectivity index (χ1v) is 16.7. The maximum Gasteiger partial charge on any atom is 0.261 e. The predicted molar refractivity (Wildman–Crippen MR) is 151 cm³/mol. The molecule has 5 rings (SSSR count). The molecular formula is C29H39N3O5Si. The van der Waals surface area contributed by atoms with Crippen molar-refractivity contribution in [2.45, 2.75) is 56.5 Å². The van der Waals surface area contributed by atoms with Crippen LogP contribution in [-0.2, 0) is 19.9 Å². The SMILES string of the molecule is COc1ccc([Si](C)(C)[C@H]2[C@H](CCO)O[C@@]3(C(=O)Nc4ccc(NC(=O)C5CCCNC5)cc43)[C@@H]2C)cc1. The molecule has 1 spiro atoms. The minimum atomic E-state index is -2.20. The van der Waals surface area contributed by atoms with Gasteiger partial charge >= 0.3 is 0 Å². The van der Waals surface area contributed by atoms with Gasteiger partial charge in [0, 0.05) is 36.0 Å². The Balaban J connectivity index is 1.49. The predicted octanol–water partition coefficient (Wildman–Crippen LogP) is 3.18. The summed E-state index contributed by atoms with van der Waals surface area (Å²) in [5.41, 5.74) is 1.04. The van der Waals surface area contributed by atoms with Crippen LogP contribution < -0.4 is 25.9 Å². The maximum atomic E-state index is 13.7. The van der Waals surface area contributed by atoms with Crippen molar-refractivity contribution in [3.63, 3.8) is 0 Å². The molecule has 2 aromatic rings. The molecule has 4 N–H and O–H groups in total. The summed E-state index contributed by atoms with van der Waals surface area (Å²) in [5.74, 6) is 0.415. The molecule has 2 amide bonds. The maximum absolute atomic E-state index is 13.7. The molecule has 2 fully saturated rings. The smallest absolute Gasteiger partial charge is 0.261 e. The average molecular weight is 538 g/mol. The second kappa shape index (κ2) is 10.4. The quantitative estimate of drug-likeness (QED) is 0.404. The zero-order chi connectivity index (χ0) is 27.1. The van der Waals surface area contributed by atoms with Crippen molar-refractivity contribution in [3.05, 3.63) is 48.0 Å². The molecule has 2 aromatic carbocycles. The highest BCUT2D eigenvalue weighted by atomic mass is 28.3. The van der Waals surface area contributed by atoms with Gasteiger partial charge in [0.05, 0.1) is 27.2 Å². The van der Waals surface area contributed by atoms with E-state index in [-0.39, 0.29) is 41.9 Å². The van der Waals surface area contributed by atoms with E-state index in [9.17, 15) is 14.7 Å². The highest BCUT2D eigenvalue weighted by molar-refractivity contribution is 6.91. The Hall–Kier alpha value is -2.72. The van der Waals surface area contributed by atoms with E-state index in [4.69, 9.17) is 9.47 Å². The lowest BCUT2D eigenvalue weighted by molar-refractivity contribution is -0.143. The number of aliphatic hydroxyl groups excluding tert-OH is 1. The van der Waals surface area contributed by atoms with Crippen LogP contribution in [0.15, 0.2) is 42.5 Å². The van der Waals surface area contributed by atoms with E-state index in [0.29, 0.717) is 24.3 Å². The fourth-order valence-corrected chi connectivity index (χ4v) is 11.0. The zero-order valence-corrected chi connectivity index (χ0v) is 23.7. The minimum Gasteiger partial charge on any atom is -0.497 e. The Kier molecular flexibility index (Phi) is 7.39. The van der Waals surface area contributed by atoms with Gasteiger partial charge < -0.3 is 30.5 Å². The molecule has 9 heteroatoms. The molecule has 0 saturated carbocycles. The number of methoxy groups -OCH3 is 1. The number of fused-ring (bicyclic) bond motifs is 2. The summed E-state index contributed by atoms with van der Waals surface area (Å²) >= 11 is 0. The molecule has 0 aromatic heterocycles. The minimum absolute atomic E-state index is 0.00653. The molecule has 3 aliphatic heterocycles. The first kappa shape index (κ1) is 26.9. The highest BCUT2D eigenvalue weighted by Crippen LogP contribution is 2.58. The number of rotatable bonds is 7. The van der Waals surface area contributed by atoms with Crippen LogP contribution in [0, 0.1) is 11.8 Å². The first-order chi connectivity index (χ1) is 18.2. The second-order valence-electron chi connectivity index (χ2n) is 11.4. The molecule has 0 radical (unpaired) electrons. The van der Waals surface area contributed by atoms with Crippen LogP contribution in [0.1, 0.15) is 31.7 Å². The number of benzene rings is 2. The van der Waals surface area contributed by atoms with E-state index in [2.05, 4.69) is 48.1 Å². The third-order valence-electron chi connectivity index (χ3n) is 8.94.